The fraction of sp³-hybridized carbons (Fsp3) is 0.0500. The van der Waals surface area contributed by atoms with Gasteiger partial charge in [0.2, 0.25) is 0 Å². The first kappa shape index (κ1) is 17.3. The Morgan fingerprint density at radius 1 is 0.800 bits per heavy atom. The molecule has 0 aromatic heterocycles. The standard InChI is InChI=1S/C20H15Cl2NO2/c21-16-11-9-15(10-12-16)19(14-5-2-1-3-6-14)25-20(24)23-18-8-4-7-17(22)13-18/h1-13,19H,(H,23,24). The smallest absolute Gasteiger partial charge is 0.412 e. The minimum absolute atomic E-state index is 0.537. The van der Waals surface area contributed by atoms with E-state index in [0.717, 1.165) is 11.1 Å². The van der Waals surface area contributed by atoms with Crippen molar-refractivity contribution in [1.82, 2.24) is 0 Å². The van der Waals surface area contributed by atoms with Crippen molar-refractivity contribution in [2.24, 2.45) is 0 Å². The highest BCUT2D eigenvalue weighted by Gasteiger charge is 2.19. The summed E-state index contributed by atoms with van der Waals surface area (Å²) in [6, 6.07) is 23.6. The molecule has 1 amide bonds. The summed E-state index contributed by atoms with van der Waals surface area (Å²) >= 11 is 11.9. The summed E-state index contributed by atoms with van der Waals surface area (Å²) < 4.78 is 5.67. The van der Waals surface area contributed by atoms with E-state index in [9.17, 15) is 4.79 Å². The summed E-state index contributed by atoms with van der Waals surface area (Å²) in [5.41, 5.74) is 2.27. The third kappa shape index (κ3) is 4.75. The SMILES string of the molecule is O=C(Nc1cccc(Cl)c1)OC(c1ccccc1)c1ccc(Cl)cc1. The third-order valence-corrected chi connectivity index (χ3v) is 4.06. The fourth-order valence-electron chi connectivity index (χ4n) is 2.41. The number of carbonyl (C=O) groups excluding carboxylic acids is 1. The Morgan fingerprint density at radius 2 is 1.48 bits per heavy atom. The molecule has 5 heteroatoms. The van der Waals surface area contributed by atoms with Crippen LogP contribution in [-0.2, 0) is 4.74 Å². The van der Waals surface area contributed by atoms with Crippen molar-refractivity contribution in [2.75, 3.05) is 5.32 Å². The Bertz CT molecular complexity index is 851. The molecule has 3 aromatic carbocycles. The molecule has 0 aliphatic rings. The van der Waals surface area contributed by atoms with Crippen molar-refractivity contribution in [3.63, 3.8) is 0 Å². The maximum Gasteiger partial charge on any atom is 0.412 e. The highest BCUT2D eigenvalue weighted by molar-refractivity contribution is 6.31. The van der Waals surface area contributed by atoms with E-state index in [4.69, 9.17) is 27.9 Å². The molecule has 1 N–H and O–H groups in total. The van der Waals surface area contributed by atoms with Crippen molar-refractivity contribution >= 4 is 35.0 Å². The number of hydrogen-bond donors (Lipinski definition) is 1. The summed E-state index contributed by atoms with van der Waals surface area (Å²) in [4.78, 5) is 12.3. The molecule has 0 aliphatic heterocycles. The van der Waals surface area contributed by atoms with Gasteiger partial charge >= 0.3 is 6.09 Å². The summed E-state index contributed by atoms with van der Waals surface area (Å²) in [6.07, 6.45) is -1.11. The Balaban J connectivity index is 1.82. The zero-order valence-corrected chi connectivity index (χ0v) is 14.7. The molecule has 1 atom stereocenters. The lowest BCUT2D eigenvalue weighted by Crippen LogP contribution is -2.18. The minimum atomic E-state index is -0.564. The Morgan fingerprint density at radius 3 is 2.16 bits per heavy atom. The normalized spacial score (nSPS) is 11.6. The van der Waals surface area contributed by atoms with Gasteiger partial charge in [0.25, 0.3) is 0 Å². The van der Waals surface area contributed by atoms with Gasteiger partial charge in [0.1, 0.15) is 0 Å². The predicted molar refractivity (Wildman–Crippen MR) is 101 cm³/mol. The molecule has 1 unspecified atom stereocenters. The van der Waals surface area contributed by atoms with Crippen LogP contribution in [0.2, 0.25) is 10.0 Å². The topological polar surface area (TPSA) is 38.3 Å². The van der Waals surface area contributed by atoms with Crippen LogP contribution in [0.1, 0.15) is 17.2 Å². The van der Waals surface area contributed by atoms with Gasteiger partial charge in [-0.25, -0.2) is 4.79 Å². The maximum absolute atomic E-state index is 12.3. The van der Waals surface area contributed by atoms with Gasteiger partial charge < -0.3 is 4.74 Å². The fourth-order valence-corrected chi connectivity index (χ4v) is 2.73. The Hall–Kier alpha value is -2.49. The predicted octanol–water partition coefficient (Wildman–Crippen LogP) is 6.33. The molecule has 0 heterocycles. The maximum atomic E-state index is 12.3. The number of rotatable bonds is 4. The molecule has 0 aliphatic carbocycles. The number of carbonyl (C=O) groups is 1. The lowest BCUT2D eigenvalue weighted by atomic mass is 10.0. The molecule has 0 bridgehead atoms. The molecule has 3 nitrogen and oxygen atoms in total. The first-order valence-corrected chi connectivity index (χ1v) is 8.41. The van der Waals surface area contributed by atoms with E-state index in [-0.39, 0.29) is 0 Å². The van der Waals surface area contributed by atoms with Crippen LogP contribution in [0.5, 0.6) is 0 Å². The zero-order valence-electron chi connectivity index (χ0n) is 13.2. The largest absolute Gasteiger partial charge is 0.436 e. The van der Waals surface area contributed by atoms with Crippen molar-refractivity contribution in [3.05, 3.63) is 100 Å². The summed E-state index contributed by atoms with van der Waals surface area (Å²) in [7, 11) is 0. The van der Waals surface area contributed by atoms with Crippen molar-refractivity contribution < 1.29 is 9.53 Å². The second kappa shape index (κ2) is 8.06. The monoisotopic (exact) mass is 371 g/mol. The van der Waals surface area contributed by atoms with Crippen LogP contribution < -0.4 is 5.32 Å². The van der Waals surface area contributed by atoms with Crippen LogP contribution in [0, 0.1) is 0 Å². The van der Waals surface area contributed by atoms with Crippen LogP contribution in [0.4, 0.5) is 10.5 Å². The number of nitrogens with one attached hydrogen (secondary N) is 1. The van der Waals surface area contributed by atoms with E-state index < -0.39 is 12.2 Å². The Kier molecular flexibility index (Phi) is 5.59. The van der Waals surface area contributed by atoms with Crippen molar-refractivity contribution in [1.29, 1.82) is 0 Å². The summed E-state index contributed by atoms with van der Waals surface area (Å²) in [5, 5.41) is 3.85. The van der Waals surface area contributed by atoms with E-state index >= 15 is 0 Å². The Labute approximate surface area is 156 Å². The van der Waals surface area contributed by atoms with Crippen molar-refractivity contribution in [2.45, 2.75) is 6.10 Å². The lowest BCUT2D eigenvalue weighted by Gasteiger charge is -2.19. The molecule has 0 saturated heterocycles. The molecular formula is C20H15Cl2NO2. The summed E-state index contributed by atoms with van der Waals surface area (Å²) in [5.74, 6) is 0. The average Bonchev–Trinajstić information content (AvgIpc) is 2.61. The van der Waals surface area contributed by atoms with Crippen LogP contribution in [0.25, 0.3) is 0 Å². The van der Waals surface area contributed by atoms with Crippen LogP contribution in [0.3, 0.4) is 0 Å². The van der Waals surface area contributed by atoms with Gasteiger partial charge in [-0.1, -0.05) is 71.7 Å². The number of halogens is 2. The van der Waals surface area contributed by atoms with Gasteiger partial charge in [-0.2, -0.15) is 0 Å². The molecule has 3 aromatic rings. The number of amides is 1. The number of ether oxygens (including phenoxy) is 1. The second-order valence-electron chi connectivity index (χ2n) is 5.38. The van der Waals surface area contributed by atoms with Gasteiger partial charge in [0, 0.05) is 15.7 Å². The molecule has 0 saturated carbocycles. The first-order chi connectivity index (χ1) is 12.1. The molecule has 25 heavy (non-hydrogen) atoms. The number of hydrogen-bond acceptors (Lipinski definition) is 2. The van der Waals surface area contributed by atoms with Crippen LogP contribution in [0.15, 0.2) is 78.9 Å². The molecular weight excluding hydrogens is 357 g/mol. The van der Waals surface area contributed by atoms with Crippen LogP contribution in [-0.4, -0.2) is 6.09 Å². The van der Waals surface area contributed by atoms with Gasteiger partial charge in [0.05, 0.1) is 0 Å². The highest BCUT2D eigenvalue weighted by atomic mass is 35.5. The molecule has 0 radical (unpaired) electrons. The van der Waals surface area contributed by atoms with E-state index in [1.807, 2.05) is 42.5 Å². The van der Waals surface area contributed by atoms with Gasteiger partial charge in [-0.3, -0.25) is 5.32 Å². The van der Waals surface area contributed by atoms with Gasteiger partial charge in [0.15, 0.2) is 6.10 Å². The van der Waals surface area contributed by atoms with E-state index in [1.54, 1.807) is 36.4 Å². The molecule has 0 fully saturated rings. The number of benzene rings is 3. The van der Waals surface area contributed by atoms with E-state index in [1.165, 1.54) is 0 Å². The third-order valence-electron chi connectivity index (χ3n) is 3.57. The zero-order chi connectivity index (χ0) is 17.6. The van der Waals surface area contributed by atoms with Gasteiger partial charge in [-0.05, 0) is 41.5 Å². The van der Waals surface area contributed by atoms with Gasteiger partial charge in [-0.15, -0.1) is 0 Å². The van der Waals surface area contributed by atoms with Crippen molar-refractivity contribution in [3.8, 4) is 0 Å². The quantitative estimate of drug-likeness (QED) is 0.581. The molecule has 126 valence electrons. The number of anilines is 1. The minimum Gasteiger partial charge on any atom is -0.436 e. The van der Waals surface area contributed by atoms with E-state index in [2.05, 4.69) is 5.32 Å². The average molecular weight is 372 g/mol. The van der Waals surface area contributed by atoms with E-state index in [0.29, 0.717) is 15.7 Å². The molecule has 3 rings (SSSR count). The second-order valence-corrected chi connectivity index (χ2v) is 6.26. The highest BCUT2D eigenvalue weighted by Crippen LogP contribution is 2.28. The lowest BCUT2D eigenvalue weighted by molar-refractivity contribution is 0.131. The van der Waals surface area contributed by atoms with Crippen LogP contribution >= 0.6 is 23.2 Å². The summed E-state index contributed by atoms with van der Waals surface area (Å²) in [6.45, 7) is 0. The molecule has 0 spiro atoms. The first-order valence-electron chi connectivity index (χ1n) is 7.65.